The number of benzene rings is 3. The summed E-state index contributed by atoms with van der Waals surface area (Å²) in [4.78, 5) is 27.5. The van der Waals surface area contributed by atoms with E-state index in [1.807, 2.05) is 66.0 Å². The molecule has 4 aromatic rings. The molecule has 0 bridgehead atoms. The van der Waals surface area contributed by atoms with E-state index in [1.54, 1.807) is 47.1 Å². The standard InChI is InChI=1S/C31H32N2O5S/c34-29(32-37)15-5-2-8-20-38-27-13-7-6-12-26(27)31(36)33(22-23-10-3-1-4-11-23)30(35)25-18-16-24(17-19-25)28-14-9-21-39-28/h1,3-4,6-7,9-14,16-19,21,31,36-37H,2,5,8,15,20,22H2,(H,32,34). The molecule has 0 aliphatic carbocycles. The van der Waals surface area contributed by atoms with Gasteiger partial charge in [-0.1, -0.05) is 66.7 Å². The van der Waals surface area contributed by atoms with E-state index in [0.717, 1.165) is 22.4 Å². The number of rotatable bonds is 13. The van der Waals surface area contributed by atoms with Gasteiger partial charge in [0.25, 0.3) is 5.91 Å². The minimum atomic E-state index is -1.24. The number of ether oxygens (including phenoxy) is 1. The first-order valence-electron chi connectivity index (χ1n) is 12.9. The number of carbonyl (C=O) groups is 2. The van der Waals surface area contributed by atoms with Gasteiger partial charge in [-0.2, -0.15) is 0 Å². The molecule has 0 spiro atoms. The Hall–Kier alpha value is -3.98. The van der Waals surface area contributed by atoms with E-state index in [4.69, 9.17) is 9.94 Å². The number of amides is 2. The van der Waals surface area contributed by atoms with Crippen molar-refractivity contribution in [1.82, 2.24) is 10.4 Å². The molecule has 1 aromatic heterocycles. The molecule has 1 heterocycles. The Morgan fingerprint density at radius 1 is 0.872 bits per heavy atom. The topological polar surface area (TPSA) is 99.1 Å². The van der Waals surface area contributed by atoms with Gasteiger partial charge in [0.15, 0.2) is 6.23 Å². The van der Waals surface area contributed by atoms with Crippen LogP contribution in [0.2, 0.25) is 0 Å². The first kappa shape index (κ1) is 28.0. The maximum absolute atomic E-state index is 13.8. The summed E-state index contributed by atoms with van der Waals surface area (Å²) in [5.74, 6) is -0.202. The summed E-state index contributed by atoms with van der Waals surface area (Å²) in [6.45, 7) is 0.607. The summed E-state index contributed by atoms with van der Waals surface area (Å²) in [5, 5.41) is 22.2. The number of hydrogen-bond acceptors (Lipinski definition) is 6. The lowest BCUT2D eigenvalue weighted by molar-refractivity contribution is -0.129. The Kier molecular flexibility index (Phi) is 10.2. The summed E-state index contributed by atoms with van der Waals surface area (Å²) < 4.78 is 5.99. The van der Waals surface area contributed by atoms with Crippen LogP contribution in [0, 0.1) is 0 Å². The summed E-state index contributed by atoms with van der Waals surface area (Å²) in [5.41, 5.74) is 4.54. The van der Waals surface area contributed by atoms with Crippen LogP contribution in [0.1, 0.15) is 53.4 Å². The van der Waals surface area contributed by atoms with Crippen molar-refractivity contribution in [2.45, 2.75) is 38.5 Å². The number of carbonyl (C=O) groups excluding carboxylic acids is 2. The molecule has 2 amide bonds. The van der Waals surface area contributed by atoms with Crippen LogP contribution in [-0.4, -0.2) is 33.6 Å². The van der Waals surface area contributed by atoms with Gasteiger partial charge in [-0.15, -0.1) is 11.3 Å². The summed E-state index contributed by atoms with van der Waals surface area (Å²) in [6.07, 6.45) is 1.09. The maximum Gasteiger partial charge on any atom is 0.256 e. The fourth-order valence-corrected chi connectivity index (χ4v) is 4.96. The smallest absolute Gasteiger partial charge is 0.256 e. The van der Waals surface area contributed by atoms with Crippen molar-refractivity contribution in [3.8, 4) is 16.2 Å². The normalized spacial score (nSPS) is 11.5. The van der Waals surface area contributed by atoms with E-state index in [0.29, 0.717) is 36.3 Å². The molecule has 3 N–H and O–H groups in total. The van der Waals surface area contributed by atoms with Gasteiger partial charge in [-0.25, -0.2) is 5.48 Å². The van der Waals surface area contributed by atoms with Crippen LogP contribution in [0.25, 0.3) is 10.4 Å². The molecule has 0 saturated carbocycles. The van der Waals surface area contributed by atoms with Crippen LogP contribution in [0.15, 0.2) is 96.4 Å². The first-order chi connectivity index (χ1) is 19.1. The van der Waals surface area contributed by atoms with Gasteiger partial charge < -0.3 is 14.7 Å². The monoisotopic (exact) mass is 544 g/mol. The van der Waals surface area contributed by atoms with Gasteiger partial charge in [0.05, 0.1) is 6.61 Å². The second-order valence-corrected chi connectivity index (χ2v) is 10.0. The molecule has 0 saturated heterocycles. The molecular formula is C31H32N2O5S. The van der Waals surface area contributed by atoms with Crippen molar-refractivity contribution in [1.29, 1.82) is 0 Å². The van der Waals surface area contributed by atoms with Crippen LogP contribution in [0.3, 0.4) is 0 Å². The third-order valence-electron chi connectivity index (χ3n) is 6.32. The largest absolute Gasteiger partial charge is 0.493 e. The van der Waals surface area contributed by atoms with Crippen LogP contribution < -0.4 is 10.2 Å². The third-order valence-corrected chi connectivity index (χ3v) is 7.24. The lowest BCUT2D eigenvalue weighted by atomic mass is 10.1. The van der Waals surface area contributed by atoms with Crippen LogP contribution in [0.5, 0.6) is 5.75 Å². The number of para-hydroxylation sites is 1. The Morgan fingerprint density at radius 3 is 2.33 bits per heavy atom. The highest BCUT2D eigenvalue weighted by Crippen LogP contribution is 2.31. The number of hydroxylamine groups is 1. The fourth-order valence-electron chi connectivity index (χ4n) is 4.23. The van der Waals surface area contributed by atoms with Gasteiger partial charge in [0.1, 0.15) is 5.75 Å². The molecule has 1 atom stereocenters. The molecule has 4 rings (SSSR count). The highest BCUT2D eigenvalue weighted by molar-refractivity contribution is 7.13. The quantitative estimate of drug-likeness (QED) is 0.0806. The summed E-state index contributed by atoms with van der Waals surface area (Å²) in [6, 6.07) is 28.2. The molecule has 0 fully saturated rings. The average molecular weight is 545 g/mol. The van der Waals surface area contributed by atoms with Crippen molar-refractivity contribution in [2.24, 2.45) is 0 Å². The molecule has 1 unspecified atom stereocenters. The van der Waals surface area contributed by atoms with Gasteiger partial charge in [-0.3, -0.25) is 14.8 Å². The molecule has 3 aromatic carbocycles. The number of hydrogen-bond donors (Lipinski definition) is 3. The van der Waals surface area contributed by atoms with Crippen LogP contribution in [0.4, 0.5) is 0 Å². The van der Waals surface area contributed by atoms with Gasteiger partial charge >= 0.3 is 0 Å². The van der Waals surface area contributed by atoms with Crippen molar-refractivity contribution < 1.29 is 24.6 Å². The summed E-state index contributed by atoms with van der Waals surface area (Å²) >= 11 is 1.64. The molecule has 8 heteroatoms. The second-order valence-electron chi connectivity index (χ2n) is 9.08. The lowest BCUT2D eigenvalue weighted by Gasteiger charge is -2.30. The van der Waals surface area contributed by atoms with Gasteiger partial charge in [0, 0.05) is 29.0 Å². The highest BCUT2D eigenvalue weighted by Gasteiger charge is 2.27. The number of nitrogens with one attached hydrogen (secondary N) is 1. The van der Waals surface area contributed by atoms with E-state index in [-0.39, 0.29) is 18.9 Å². The molecule has 0 aliphatic heterocycles. The Morgan fingerprint density at radius 2 is 1.62 bits per heavy atom. The van der Waals surface area contributed by atoms with E-state index in [9.17, 15) is 14.7 Å². The average Bonchev–Trinajstić information content (AvgIpc) is 3.53. The minimum absolute atomic E-state index is 0.217. The Labute approximate surface area is 232 Å². The van der Waals surface area contributed by atoms with E-state index < -0.39 is 12.1 Å². The zero-order valence-electron chi connectivity index (χ0n) is 21.5. The van der Waals surface area contributed by atoms with Crippen LogP contribution in [-0.2, 0) is 11.3 Å². The zero-order chi connectivity index (χ0) is 27.5. The number of unbranched alkanes of at least 4 members (excludes halogenated alkanes) is 2. The van der Waals surface area contributed by atoms with Crippen molar-refractivity contribution >= 4 is 23.2 Å². The lowest BCUT2D eigenvalue weighted by Crippen LogP contribution is -2.34. The summed E-state index contributed by atoms with van der Waals surface area (Å²) in [7, 11) is 0. The predicted octanol–water partition coefficient (Wildman–Crippen LogP) is 6.19. The first-order valence-corrected chi connectivity index (χ1v) is 13.8. The number of nitrogens with zero attached hydrogens (tertiary/aromatic N) is 1. The van der Waals surface area contributed by atoms with E-state index in [1.165, 1.54) is 4.90 Å². The maximum atomic E-state index is 13.8. The van der Waals surface area contributed by atoms with Gasteiger partial charge in [-0.05, 0) is 60.0 Å². The molecule has 0 radical (unpaired) electrons. The fraction of sp³-hybridized carbons (Fsp3) is 0.226. The zero-order valence-corrected chi connectivity index (χ0v) is 22.3. The molecule has 202 valence electrons. The highest BCUT2D eigenvalue weighted by atomic mass is 32.1. The molecule has 39 heavy (non-hydrogen) atoms. The Bertz CT molecular complexity index is 1330. The van der Waals surface area contributed by atoms with Gasteiger partial charge in [0.2, 0.25) is 5.91 Å². The SMILES string of the molecule is O=C(CCCCCOc1ccccc1C(O)N(Cc1ccccc1)C(=O)c1ccc(-c2cccs2)cc1)NO. The number of aliphatic hydroxyl groups excluding tert-OH is 1. The number of aliphatic hydroxyl groups is 1. The minimum Gasteiger partial charge on any atom is -0.493 e. The van der Waals surface area contributed by atoms with E-state index >= 15 is 0 Å². The van der Waals surface area contributed by atoms with Crippen LogP contribution >= 0.6 is 11.3 Å². The second kappa shape index (κ2) is 14.2. The molecular weight excluding hydrogens is 512 g/mol. The Balaban J connectivity index is 1.51. The van der Waals surface area contributed by atoms with Crippen molar-refractivity contribution in [2.75, 3.05) is 6.61 Å². The van der Waals surface area contributed by atoms with E-state index in [2.05, 4.69) is 0 Å². The third kappa shape index (κ3) is 7.77. The van der Waals surface area contributed by atoms with Crippen molar-refractivity contribution in [3.63, 3.8) is 0 Å². The number of thiophene rings is 1. The predicted molar refractivity (Wildman–Crippen MR) is 151 cm³/mol. The van der Waals surface area contributed by atoms with Crippen molar-refractivity contribution in [3.05, 3.63) is 113 Å². The molecule has 7 nitrogen and oxygen atoms in total. The molecule has 0 aliphatic rings.